The van der Waals surface area contributed by atoms with Crippen molar-refractivity contribution in [1.29, 1.82) is 0 Å². The standard InChI is InChI=1S/C26H26F3N5O2/c27-14-5-6-23-22(9-14)32-25(34(23)13-17-7-15(28)11-30-17)24-20(19-3-1-2-4-21(19)31-24)10-18-8-16(29)12-33(18)26(35)36/h1-6,9,15-18,30-31H,7-8,10-13H2,(H,35,36)/t15-,16-,17-,18-/m0/s1. The molecular formula is C26H26F3N5O2. The van der Waals surface area contributed by atoms with Crippen molar-refractivity contribution in [2.45, 2.75) is 50.2 Å². The molecular weight excluding hydrogens is 471 g/mol. The number of benzene rings is 2. The van der Waals surface area contributed by atoms with Crippen LogP contribution in [-0.2, 0) is 13.0 Å². The van der Waals surface area contributed by atoms with E-state index in [1.165, 1.54) is 17.0 Å². The highest BCUT2D eigenvalue weighted by Gasteiger charge is 2.37. The van der Waals surface area contributed by atoms with Gasteiger partial charge in [-0.2, -0.15) is 0 Å². The van der Waals surface area contributed by atoms with Gasteiger partial charge in [-0.25, -0.2) is 22.9 Å². The molecule has 188 valence electrons. The number of alkyl halides is 2. The fourth-order valence-electron chi connectivity index (χ4n) is 5.73. The number of carboxylic acid groups (broad SMARTS) is 1. The normalized spacial score (nSPS) is 24.4. The van der Waals surface area contributed by atoms with E-state index in [1.807, 2.05) is 28.8 Å². The summed E-state index contributed by atoms with van der Waals surface area (Å²) in [7, 11) is 0. The maximum absolute atomic E-state index is 14.2. The zero-order valence-electron chi connectivity index (χ0n) is 19.4. The zero-order chi connectivity index (χ0) is 25.0. The van der Waals surface area contributed by atoms with Crippen LogP contribution in [0.2, 0.25) is 0 Å². The minimum atomic E-state index is -1.21. The van der Waals surface area contributed by atoms with Crippen LogP contribution in [0.25, 0.3) is 33.5 Å². The average Bonchev–Trinajstić information content (AvgIpc) is 3.60. The van der Waals surface area contributed by atoms with Crippen molar-refractivity contribution in [3.05, 3.63) is 53.8 Å². The number of aromatic amines is 1. The van der Waals surface area contributed by atoms with Crippen LogP contribution in [0.4, 0.5) is 18.0 Å². The van der Waals surface area contributed by atoms with E-state index in [-0.39, 0.29) is 25.6 Å². The fraction of sp³-hybridized carbons (Fsp3) is 0.385. The number of carbonyl (C=O) groups is 1. The summed E-state index contributed by atoms with van der Waals surface area (Å²) in [6.07, 6.45) is -2.48. The van der Waals surface area contributed by atoms with Crippen LogP contribution in [0.1, 0.15) is 18.4 Å². The van der Waals surface area contributed by atoms with Crippen LogP contribution in [0.5, 0.6) is 0 Å². The summed E-state index contributed by atoms with van der Waals surface area (Å²) in [5.74, 6) is 0.151. The molecule has 0 unspecified atom stereocenters. The van der Waals surface area contributed by atoms with Crippen molar-refractivity contribution in [3.8, 4) is 11.5 Å². The molecule has 4 aromatic rings. The molecule has 0 radical (unpaired) electrons. The van der Waals surface area contributed by atoms with Gasteiger partial charge in [0.05, 0.1) is 23.3 Å². The Morgan fingerprint density at radius 2 is 1.97 bits per heavy atom. The van der Waals surface area contributed by atoms with E-state index < -0.39 is 30.3 Å². The van der Waals surface area contributed by atoms with Crippen molar-refractivity contribution in [1.82, 2.24) is 24.8 Å². The Balaban J connectivity index is 1.50. The maximum Gasteiger partial charge on any atom is 0.407 e. The maximum atomic E-state index is 14.2. The van der Waals surface area contributed by atoms with Crippen molar-refractivity contribution < 1.29 is 23.1 Å². The van der Waals surface area contributed by atoms with Gasteiger partial charge in [-0.1, -0.05) is 18.2 Å². The van der Waals surface area contributed by atoms with Gasteiger partial charge in [0.25, 0.3) is 0 Å². The number of hydrogen-bond donors (Lipinski definition) is 3. The molecule has 4 atom stereocenters. The number of aromatic nitrogens is 3. The number of H-pyrrole nitrogens is 1. The number of fused-ring (bicyclic) bond motifs is 2. The van der Waals surface area contributed by atoms with Crippen molar-refractivity contribution in [2.75, 3.05) is 13.1 Å². The molecule has 2 aliphatic heterocycles. The number of hydrogen-bond acceptors (Lipinski definition) is 3. The van der Waals surface area contributed by atoms with E-state index in [9.17, 15) is 23.1 Å². The number of rotatable bonds is 5. The highest BCUT2D eigenvalue weighted by Crippen LogP contribution is 2.36. The number of nitrogens with zero attached hydrogens (tertiary/aromatic N) is 3. The van der Waals surface area contributed by atoms with Crippen molar-refractivity contribution in [3.63, 3.8) is 0 Å². The van der Waals surface area contributed by atoms with Gasteiger partial charge >= 0.3 is 6.09 Å². The number of nitrogens with one attached hydrogen (secondary N) is 2. The Labute approximate surface area is 204 Å². The molecule has 0 spiro atoms. The van der Waals surface area contributed by atoms with E-state index in [2.05, 4.69) is 10.3 Å². The first-order chi connectivity index (χ1) is 17.4. The van der Waals surface area contributed by atoms with Gasteiger partial charge in [-0.3, -0.25) is 0 Å². The second-order valence-corrected chi connectivity index (χ2v) is 9.77. The largest absolute Gasteiger partial charge is 0.465 e. The van der Waals surface area contributed by atoms with E-state index in [1.54, 1.807) is 6.07 Å². The molecule has 0 saturated carbocycles. The Kier molecular flexibility index (Phi) is 5.63. The summed E-state index contributed by atoms with van der Waals surface area (Å²) >= 11 is 0. The molecule has 6 rings (SSSR count). The Bertz CT molecular complexity index is 1450. The number of halogens is 3. The first-order valence-electron chi connectivity index (χ1n) is 12.1. The number of amides is 1. The smallest absolute Gasteiger partial charge is 0.407 e. The summed E-state index contributed by atoms with van der Waals surface area (Å²) in [5.41, 5.74) is 3.54. The van der Waals surface area contributed by atoms with Gasteiger partial charge in [-0.05, 0) is 36.6 Å². The quantitative estimate of drug-likeness (QED) is 0.375. The van der Waals surface area contributed by atoms with Crippen LogP contribution in [0.15, 0.2) is 42.5 Å². The molecule has 4 heterocycles. The lowest BCUT2D eigenvalue weighted by atomic mass is 10.00. The van der Waals surface area contributed by atoms with E-state index in [0.29, 0.717) is 36.4 Å². The van der Waals surface area contributed by atoms with Crippen molar-refractivity contribution >= 4 is 28.0 Å². The topological polar surface area (TPSA) is 86.2 Å². The van der Waals surface area contributed by atoms with Gasteiger partial charge in [0.2, 0.25) is 0 Å². The summed E-state index contributed by atoms with van der Waals surface area (Å²) in [5, 5.41) is 13.7. The minimum absolute atomic E-state index is 0.112. The van der Waals surface area contributed by atoms with Crippen molar-refractivity contribution in [2.24, 2.45) is 0 Å². The van der Waals surface area contributed by atoms with Gasteiger partial charge < -0.3 is 24.9 Å². The predicted octanol–water partition coefficient (Wildman–Crippen LogP) is 4.66. The molecule has 10 heteroatoms. The summed E-state index contributed by atoms with van der Waals surface area (Å²) in [6, 6.07) is 11.4. The second kappa shape index (κ2) is 8.85. The van der Waals surface area contributed by atoms with Crippen LogP contribution in [0.3, 0.4) is 0 Å². The van der Waals surface area contributed by atoms with E-state index in [4.69, 9.17) is 4.98 Å². The first kappa shape index (κ1) is 22.9. The third-order valence-corrected chi connectivity index (χ3v) is 7.37. The molecule has 2 aromatic carbocycles. The highest BCUT2D eigenvalue weighted by atomic mass is 19.1. The molecule has 0 bridgehead atoms. The molecule has 2 saturated heterocycles. The molecule has 36 heavy (non-hydrogen) atoms. The Morgan fingerprint density at radius 1 is 1.14 bits per heavy atom. The molecule has 2 aliphatic rings. The SMILES string of the molecule is O=C(O)N1C[C@@H](F)C[C@H]1Cc1c(-c2nc3cc(F)ccc3n2C[C@@H]2C[C@H](F)CN2)[nH]c2ccccc12. The van der Waals surface area contributed by atoms with Gasteiger partial charge in [0.15, 0.2) is 5.82 Å². The lowest BCUT2D eigenvalue weighted by molar-refractivity contribution is 0.138. The summed E-state index contributed by atoms with van der Waals surface area (Å²) < 4.78 is 44.2. The van der Waals surface area contributed by atoms with E-state index in [0.717, 1.165) is 22.0 Å². The minimum Gasteiger partial charge on any atom is -0.465 e. The zero-order valence-corrected chi connectivity index (χ0v) is 19.4. The molecule has 2 aromatic heterocycles. The first-order valence-corrected chi connectivity index (χ1v) is 12.1. The third-order valence-electron chi connectivity index (χ3n) is 7.37. The van der Waals surface area contributed by atoms with Crippen LogP contribution in [-0.4, -0.2) is 68.2 Å². The predicted molar refractivity (Wildman–Crippen MR) is 130 cm³/mol. The lowest BCUT2D eigenvalue weighted by Crippen LogP contribution is -2.36. The highest BCUT2D eigenvalue weighted by molar-refractivity contribution is 5.91. The molecule has 7 nitrogen and oxygen atoms in total. The summed E-state index contributed by atoms with van der Waals surface area (Å²) in [6.45, 7) is 0.577. The Morgan fingerprint density at radius 3 is 2.75 bits per heavy atom. The molecule has 0 aliphatic carbocycles. The number of imidazole rings is 1. The summed E-state index contributed by atoms with van der Waals surface area (Å²) in [4.78, 5) is 21.2. The van der Waals surface area contributed by atoms with Gasteiger partial charge in [0, 0.05) is 48.6 Å². The average molecular weight is 498 g/mol. The van der Waals surface area contributed by atoms with E-state index >= 15 is 0 Å². The second-order valence-electron chi connectivity index (χ2n) is 9.77. The number of likely N-dealkylation sites (tertiary alicyclic amines) is 1. The lowest BCUT2D eigenvalue weighted by Gasteiger charge is -2.21. The van der Waals surface area contributed by atoms with Crippen LogP contribution >= 0.6 is 0 Å². The van der Waals surface area contributed by atoms with Gasteiger partial charge in [0.1, 0.15) is 18.2 Å². The molecule has 3 N–H and O–H groups in total. The molecule has 1 amide bonds. The number of para-hydroxylation sites is 1. The third kappa shape index (κ3) is 3.99. The fourth-order valence-corrected chi connectivity index (χ4v) is 5.73. The van der Waals surface area contributed by atoms with Gasteiger partial charge in [-0.15, -0.1) is 0 Å². The van der Waals surface area contributed by atoms with Crippen LogP contribution < -0.4 is 5.32 Å². The monoisotopic (exact) mass is 497 g/mol. The Hall–Kier alpha value is -3.53. The molecule has 2 fully saturated rings. The van der Waals surface area contributed by atoms with Crippen LogP contribution in [0, 0.1) is 5.82 Å².